The molecule has 2 N–H and O–H groups in total. The Morgan fingerprint density at radius 2 is 2.12 bits per heavy atom. The molecule has 0 radical (unpaired) electrons. The van der Waals surface area contributed by atoms with Gasteiger partial charge in [-0.15, -0.1) is 0 Å². The summed E-state index contributed by atoms with van der Waals surface area (Å²) in [5.41, 5.74) is 0.638. The Morgan fingerprint density at radius 1 is 1.27 bits per heavy atom. The van der Waals surface area contributed by atoms with Gasteiger partial charge < -0.3 is 24.2 Å². The summed E-state index contributed by atoms with van der Waals surface area (Å²) in [6, 6.07) is 7.73. The van der Waals surface area contributed by atoms with Crippen LogP contribution in [0.1, 0.15) is 30.8 Å². The topological polar surface area (TPSA) is 126 Å². The van der Waals surface area contributed by atoms with Gasteiger partial charge in [0.1, 0.15) is 18.5 Å². The standard InChI is InChI=1S/C22H25N5O6/c1-22(2)32-12-14(33-22)11-31-18-5-3-4-17(24-18)25-21(30)27-13-8-9-26(10-13)16-7-6-15(20(28)29)23-19(16)27/h3-7,13-14H,8-12H2,1-2H3,(H,28,29)(H,24,25,30)/t13?,14-/m0/s1. The van der Waals surface area contributed by atoms with Gasteiger partial charge in [0.15, 0.2) is 17.3 Å². The summed E-state index contributed by atoms with van der Waals surface area (Å²) in [5.74, 6) is -0.768. The van der Waals surface area contributed by atoms with Crippen LogP contribution in [0.15, 0.2) is 30.3 Å². The first-order chi connectivity index (χ1) is 15.8. The first-order valence-corrected chi connectivity index (χ1v) is 10.8. The zero-order valence-electron chi connectivity index (χ0n) is 18.4. The van der Waals surface area contributed by atoms with Gasteiger partial charge in [-0.2, -0.15) is 4.98 Å². The molecule has 5 rings (SSSR count). The fourth-order valence-corrected chi connectivity index (χ4v) is 4.35. The number of carbonyl (C=O) groups excluding carboxylic acids is 1. The maximum Gasteiger partial charge on any atom is 0.354 e. The van der Waals surface area contributed by atoms with Crippen LogP contribution >= 0.6 is 0 Å². The Kier molecular flexibility index (Phi) is 5.29. The summed E-state index contributed by atoms with van der Waals surface area (Å²) in [7, 11) is 0. The van der Waals surface area contributed by atoms with Gasteiger partial charge in [0.25, 0.3) is 0 Å². The number of carboxylic acids is 1. The molecule has 2 aromatic heterocycles. The maximum atomic E-state index is 13.2. The van der Waals surface area contributed by atoms with Crippen molar-refractivity contribution in [1.82, 2.24) is 9.97 Å². The number of nitrogens with one attached hydrogen (secondary N) is 1. The van der Waals surface area contributed by atoms with Gasteiger partial charge in [-0.1, -0.05) is 6.07 Å². The SMILES string of the molecule is CC1(C)OC[C@H](COc2cccc(NC(=O)N3c4nc(C(=O)O)ccc4N4CCC3C4)n2)O1. The number of hydrogen-bond donors (Lipinski definition) is 2. The lowest BCUT2D eigenvalue weighted by molar-refractivity contribution is -0.141. The van der Waals surface area contributed by atoms with Crippen LogP contribution in [-0.4, -0.2) is 71.3 Å². The number of urea groups is 1. The maximum absolute atomic E-state index is 13.2. The number of rotatable bonds is 5. The van der Waals surface area contributed by atoms with Crippen molar-refractivity contribution in [3.8, 4) is 5.88 Å². The Labute approximate surface area is 190 Å². The molecule has 2 saturated heterocycles. The molecule has 2 aromatic rings. The van der Waals surface area contributed by atoms with Gasteiger partial charge in [-0.3, -0.25) is 10.2 Å². The number of fused-ring (bicyclic) bond motifs is 4. The van der Waals surface area contributed by atoms with Gasteiger partial charge >= 0.3 is 12.0 Å². The monoisotopic (exact) mass is 455 g/mol. The lowest BCUT2D eigenvalue weighted by atomic mass is 10.2. The second kappa shape index (κ2) is 8.16. The number of amides is 2. The number of nitrogens with zero attached hydrogens (tertiary/aromatic N) is 4. The molecule has 33 heavy (non-hydrogen) atoms. The molecule has 0 saturated carbocycles. The third-order valence-electron chi connectivity index (χ3n) is 5.83. The molecule has 3 aliphatic rings. The highest BCUT2D eigenvalue weighted by Crippen LogP contribution is 2.39. The van der Waals surface area contributed by atoms with Gasteiger partial charge in [0.2, 0.25) is 5.88 Å². The Morgan fingerprint density at radius 3 is 2.88 bits per heavy atom. The van der Waals surface area contributed by atoms with Crippen molar-refractivity contribution in [2.24, 2.45) is 0 Å². The van der Waals surface area contributed by atoms with E-state index in [0.717, 1.165) is 18.7 Å². The van der Waals surface area contributed by atoms with Crippen LogP contribution in [0.5, 0.6) is 5.88 Å². The zero-order valence-corrected chi connectivity index (χ0v) is 18.4. The van der Waals surface area contributed by atoms with Crippen molar-refractivity contribution in [2.45, 2.75) is 38.2 Å². The van der Waals surface area contributed by atoms with E-state index in [-0.39, 0.29) is 24.4 Å². The van der Waals surface area contributed by atoms with Gasteiger partial charge in [0, 0.05) is 19.2 Å². The van der Waals surface area contributed by atoms with Crippen molar-refractivity contribution in [2.75, 3.05) is 41.4 Å². The molecule has 0 aromatic carbocycles. The van der Waals surface area contributed by atoms with Crippen LogP contribution in [0.3, 0.4) is 0 Å². The highest BCUT2D eigenvalue weighted by atomic mass is 16.7. The summed E-state index contributed by atoms with van der Waals surface area (Å²) in [4.78, 5) is 36.9. The highest BCUT2D eigenvalue weighted by Gasteiger charge is 2.40. The summed E-state index contributed by atoms with van der Waals surface area (Å²) in [5, 5.41) is 12.1. The minimum atomic E-state index is -1.14. The molecule has 0 aliphatic carbocycles. The van der Waals surface area contributed by atoms with E-state index >= 15 is 0 Å². The molecular formula is C22H25N5O6. The van der Waals surface area contributed by atoms with E-state index in [9.17, 15) is 14.7 Å². The van der Waals surface area contributed by atoms with Crippen LogP contribution in [0.2, 0.25) is 0 Å². The van der Waals surface area contributed by atoms with Crippen LogP contribution in [0, 0.1) is 0 Å². The molecule has 11 heteroatoms. The minimum Gasteiger partial charge on any atom is -0.477 e. The number of aromatic carboxylic acids is 1. The van der Waals surface area contributed by atoms with Gasteiger partial charge in [-0.05, 0) is 38.5 Å². The first-order valence-electron chi connectivity index (χ1n) is 10.8. The van der Waals surface area contributed by atoms with Crippen LogP contribution in [0.25, 0.3) is 0 Å². The number of hydrogen-bond acceptors (Lipinski definition) is 8. The largest absolute Gasteiger partial charge is 0.477 e. The zero-order chi connectivity index (χ0) is 23.2. The molecule has 2 atom stereocenters. The van der Waals surface area contributed by atoms with Crippen molar-refractivity contribution in [3.63, 3.8) is 0 Å². The predicted molar refractivity (Wildman–Crippen MR) is 118 cm³/mol. The summed E-state index contributed by atoms with van der Waals surface area (Å²) < 4.78 is 17.0. The van der Waals surface area contributed by atoms with Crippen molar-refractivity contribution in [1.29, 1.82) is 0 Å². The Hall–Kier alpha value is -3.44. The van der Waals surface area contributed by atoms with Gasteiger partial charge in [0.05, 0.1) is 18.3 Å². The predicted octanol–water partition coefficient (Wildman–Crippen LogP) is 2.34. The van der Waals surface area contributed by atoms with Gasteiger partial charge in [-0.25, -0.2) is 14.6 Å². The van der Waals surface area contributed by atoms with E-state index < -0.39 is 17.8 Å². The summed E-state index contributed by atoms with van der Waals surface area (Å²) in [6.45, 7) is 5.84. The number of carbonyl (C=O) groups is 2. The molecule has 11 nitrogen and oxygen atoms in total. The van der Waals surface area contributed by atoms with Crippen LogP contribution in [0.4, 0.5) is 22.1 Å². The fraction of sp³-hybridized carbons (Fsp3) is 0.455. The second-order valence-electron chi connectivity index (χ2n) is 8.66. The van der Waals surface area contributed by atoms with Crippen molar-refractivity contribution in [3.05, 3.63) is 36.0 Å². The number of carboxylic acid groups (broad SMARTS) is 1. The summed E-state index contributed by atoms with van der Waals surface area (Å²) in [6.07, 6.45) is 0.562. The Balaban J connectivity index is 1.31. The molecule has 1 unspecified atom stereocenters. The van der Waals surface area contributed by atoms with E-state index in [0.29, 0.717) is 30.7 Å². The van der Waals surface area contributed by atoms with E-state index in [2.05, 4.69) is 20.2 Å². The normalized spacial score (nSPS) is 22.7. The van der Waals surface area contributed by atoms with E-state index in [1.54, 1.807) is 24.3 Å². The van der Waals surface area contributed by atoms with Crippen molar-refractivity contribution >= 4 is 29.3 Å². The lowest BCUT2D eigenvalue weighted by Gasteiger charge is -2.35. The molecule has 0 spiro atoms. The van der Waals surface area contributed by atoms with Crippen molar-refractivity contribution < 1.29 is 28.9 Å². The third-order valence-corrected chi connectivity index (χ3v) is 5.83. The van der Waals surface area contributed by atoms with E-state index in [1.807, 2.05) is 13.8 Å². The van der Waals surface area contributed by atoms with E-state index in [1.165, 1.54) is 11.0 Å². The fourth-order valence-electron chi connectivity index (χ4n) is 4.35. The molecular weight excluding hydrogens is 430 g/mol. The molecule has 174 valence electrons. The minimum absolute atomic E-state index is 0.101. The molecule has 5 heterocycles. The number of pyridine rings is 2. The molecule has 2 fully saturated rings. The summed E-state index contributed by atoms with van der Waals surface area (Å²) >= 11 is 0. The first kappa shape index (κ1) is 21.4. The second-order valence-corrected chi connectivity index (χ2v) is 8.66. The smallest absolute Gasteiger partial charge is 0.354 e. The molecule has 2 amide bonds. The number of aromatic nitrogens is 2. The lowest BCUT2D eigenvalue weighted by Crippen LogP contribution is -2.48. The highest BCUT2D eigenvalue weighted by molar-refractivity contribution is 6.04. The van der Waals surface area contributed by atoms with Crippen LogP contribution < -0.4 is 19.9 Å². The third kappa shape index (κ3) is 4.29. The van der Waals surface area contributed by atoms with Crippen LogP contribution in [-0.2, 0) is 9.47 Å². The number of anilines is 3. The molecule has 3 aliphatic heterocycles. The quantitative estimate of drug-likeness (QED) is 0.698. The number of ether oxygens (including phenoxy) is 3. The average Bonchev–Trinajstić information content (AvgIpc) is 3.35. The Bertz CT molecular complexity index is 1090. The average molecular weight is 455 g/mol. The molecule has 2 bridgehead atoms. The van der Waals surface area contributed by atoms with E-state index in [4.69, 9.17) is 14.2 Å².